The molecular formula is C31H45N3O6. The minimum atomic E-state index is -0.660. The Hall–Kier alpha value is -3.17. The number of aromatic nitrogens is 1. The molecule has 1 N–H and O–H groups in total. The van der Waals surface area contributed by atoms with Gasteiger partial charge in [-0.15, -0.1) is 0 Å². The molecule has 0 spiro atoms. The summed E-state index contributed by atoms with van der Waals surface area (Å²) in [6.45, 7) is 14.7. The molecule has 1 aromatic heterocycles. The molecule has 1 aromatic carbocycles. The largest absolute Gasteiger partial charge is 0.444 e. The molecule has 2 amide bonds. The molecule has 0 unspecified atom stereocenters. The van der Waals surface area contributed by atoms with Gasteiger partial charge in [-0.2, -0.15) is 0 Å². The maximum absolute atomic E-state index is 13.3. The maximum Gasteiger partial charge on any atom is 0.416 e. The summed E-state index contributed by atoms with van der Waals surface area (Å²) >= 11 is 0. The van der Waals surface area contributed by atoms with Crippen LogP contribution in [0.5, 0.6) is 0 Å². The standard InChI is InChI=1S/C31H45N3O6/c1-22-16-25(18-24-20-33(28(36)39-30(2,3)4)21-26(24)38-15-11-14-35)32-27(17-22)34(29(37)40-31(5,6)7)19-23-12-9-8-10-13-23/h8-10,12-13,16-17,24,26,35H,11,14-15,18-21H2,1-7H3/t24-,26+/m1/s1. The molecule has 2 heterocycles. The summed E-state index contributed by atoms with van der Waals surface area (Å²) in [6, 6.07) is 13.6. The Labute approximate surface area is 238 Å². The third-order valence-corrected chi connectivity index (χ3v) is 6.22. The van der Waals surface area contributed by atoms with Gasteiger partial charge >= 0.3 is 12.2 Å². The van der Waals surface area contributed by atoms with Gasteiger partial charge < -0.3 is 24.2 Å². The van der Waals surface area contributed by atoms with Gasteiger partial charge in [0.2, 0.25) is 0 Å². The smallest absolute Gasteiger partial charge is 0.416 e. The van der Waals surface area contributed by atoms with Crippen molar-refractivity contribution in [1.29, 1.82) is 0 Å². The van der Waals surface area contributed by atoms with Gasteiger partial charge in [0.05, 0.1) is 19.2 Å². The second-order valence-electron chi connectivity index (χ2n) is 12.4. The van der Waals surface area contributed by atoms with Crippen molar-refractivity contribution in [3.05, 3.63) is 59.3 Å². The summed E-state index contributed by atoms with van der Waals surface area (Å²) in [4.78, 5) is 34.3. The minimum Gasteiger partial charge on any atom is -0.444 e. The van der Waals surface area contributed by atoms with Crippen molar-refractivity contribution in [3.63, 3.8) is 0 Å². The van der Waals surface area contributed by atoms with Crippen LogP contribution in [0.4, 0.5) is 15.4 Å². The molecule has 9 heteroatoms. The lowest BCUT2D eigenvalue weighted by atomic mass is 9.98. The van der Waals surface area contributed by atoms with Crippen molar-refractivity contribution >= 4 is 18.0 Å². The van der Waals surface area contributed by atoms with Crippen LogP contribution in [0.1, 0.15) is 64.8 Å². The Morgan fingerprint density at radius 2 is 1.70 bits per heavy atom. The van der Waals surface area contributed by atoms with Crippen molar-refractivity contribution in [2.75, 3.05) is 31.2 Å². The first-order valence-electron chi connectivity index (χ1n) is 14.0. The van der Waals surface area contributed by atoms with Gasteiger partial charge in [-0.25, -0.2) is 14.6 Å². The van der Waals surface area contributed by atoms with Crippen molar-refractivity contribution in [3.8, 4) is 0 Å². The number of hydrogen-bond donors (Lipinski definition) is 1. The number of rotatable bonds is 9. The Morgan fingerprint density at radius 3 is 2.33 bits per heavy atom. The number of carbonyl (C=O) groups is 2. The molecule has 1 saturated heterocycles. The normalized spacial score (nSPS) is 17.6. The monoisotopic (exact) mass is 555 g/mol. The average molecular weight is 556 g/mol. The summed E-state index contributed by atoms with van der Waals surface area (Å²) in [5, 5.41) is 9.23. The number of aliphatic hydroxyl groups is 1. The van der Waals surface area contributed by atoms with E-state index in [1.54, 1.807) is 9.80 Å². The van der Waals surface area contributed by atoms with E-state index in [0.717, 1.165) is 16.8 Å². The van der Waals surface area contributed by atoms with Crippen molar-refractivity contribution in [1.82, 2.24) is 9.88 Å². The predicted molar refractivity (Wildman–Crippen MR) is 154 cm³/mol. The van der Waals surface area contributed by atoms with Gasteiger partial charge in [0.25, 0.3) is 0 Å². The summed E-state index contributed by atoms with van der Waals surface area (Å²) < 4.78 is 17.4. The number of pyridine rings is 1. The number of aliphatic hydroxyl groups excluding tert-OH is 1. The van der Waals surface area contributed by atoms with Crippen LogP contribution in [0.3, 0.4) is 0 Å². The van der Waals surface area contributed by atoms with Crippen molar-refractivity contribution in [2.24, 2.45) is 5.92 Å². The van der Waals surface area contributed by atoms with E-state index >= 15 is 0 Å². The topological polar surface area (TPSA) is 101 Å². The number of likely N-dealkylation sites (tertiary alicyclic amines) is 1. The zero-order chi connectivity index (χ0) is 29.5. The van der Waals surface area contributed by atoms with E-state index in [0.29, 0.717) is 44.9 Å². The van der Waals surface area contributed by atoms with Crippen LogP contribution in [0.2, 0.25) is 0 Å². The second kappa shape index (κ2) is 13.5. The lowest BCUT2D eigenvalue weighted by Gasteiger charge is -2.27. The SMILES string of the molecule is Cc1cc(C[C@@H]2CN(C(=O)OC(C)(C)C)C[C@@H]2OCCCO)nc(N(Cc2ccccc2)C(=O)OC(C)(C)C)c1. The van der Waals surface area contributed by atoms with E-state index in [1.165, 1.54) is 0 Å². The van der Waals surface area contributed by atoms with Gasteiger partial charge in [0.1, 0.15) is 17.0 Å². The average Bonchev–Trinajstić information content (AvgIpc) is 3.23. The predicted octanol–water partition coefficient (Wildman–Crippen LogP) is 5.51. The van der Waals surface area contributed by atoms with Crippen molar-refractivity contribution in [2.45, 2.75) is 85.2 Å². The highest BCUT2D eigenvalue weighted by Crippen LogP contribution is 2.28. The summed E-state index contributed by atoms with van der Waals surface area (Å²) in [5.41, 5.74) is 1.45. The molecule has 0 aliphatic carbocycles. The number of anilines is 1. The van der Waals surface area contributed by atoms with E-state index in [9.17, 15) is 14.7 Å². The fourth-order valence-electron chi connectivity index (χ4n) is 4.55. The summed E-state index contributed by atoms with van der Waals surface area (Å²) in [7, 11) is 0. The highest BCUT2D eigenvalue weighted by molar-refractivity contribution is 5.86. The van der Waals surface area contributed by atoms with Crippen LogP contribution in [-0.2, 0) is 27.2 Å². The first kappa shape index (κ1) is 31.4. The third-order valence-electron chi connectivity index (χ3n) is 6.22. The number of nitrogens with zero attached hydrogens (tertiary/aromatic N) is 3. The first-order chi connectivity index (χ1) is 18.7. The quantitative estimate of drug-likeness (QED) is 0.407. The Bertz CT molecular complexity index is 1130. The number of aryl methyl sites for hydroxylation is 1. The molecule has 1 aliphatic rings. The number of benzene rings is 1. The summed E-state index contributed by atoms with van der Waals surface area (Å²) in [6.07, 6.45) is -0.000679. The van der Waals surface area contributed by atoms with E-state index in [-0.39, 0.29) is 24.7 Å². The van der Waals surface area contributed by atoms with Crippen LogP contribution in [0, 0.1) is 12.8 Å². The fourth-order valence-corrected chi connectivity index (χ4v) is 4.55. The molecule has 9 nitrogen and oxygen atoms in total. The molecule has 2 aromatic rings. The third kappa shape index (κ3) is 9.78. The van der Waals surface area contributed by atoms with Gasteiger partial charge in [-0.05, 0) is 84.6 Å². The summed E-state index contributed by atoms with van der Waals surface area (Å²) in [5.74, 6) is 0.477. The zero-order valence-corrected chi connectivity index (χ0v) is 25.0. The molecule has 1 fully saturated rings. The van der Waals surface area contributed by atoms with Crippen LogP contribution in [0.15, 0.2) is 42.5 Å². The Morgan fingerprint density at radius 1 is 1.02 bits per heavy atom. The van der Waals surface area contributed by atoms with Crippen LogP contribution >= 0.6 is 0 Å². The lowest BCUT2D eigenvalue weighted by Crippen LogP contribution is -2.37. The van der Waals surface area contributed by atoms with Crippen molar-refractivity contribution < 1.29 is 28.9 Å². The van der Waals surface area contributed by atoms with E-state index in [1.807, 2.05) is 90.9 Å². The Kier molecular flexibility index (Phi) is 10.6. The molecule has 3 rings (SSSR count). The molecular weight excluding hydrogens is 510 g/mol. The molecule has 2 atom stereocenters. The maximum atomic E-state index is 13.3. The van der Waals surface area contributed by atoms with E-state index in [2.05, 4.69) is 0 Å². The van der Waals surface area contributed by atoms with Crippen LogP contribution in [-0.4, -0.2) is 70.8 Å². The lowest BCUT2D eigenvalue weighted by molar-refractivity contribution is 0.0148. The van der Waals surface area contributed by atoms with Gasteiger partial charge in [0.15, 0.2) is 0 Å². The van der Waals surface area contributed by atoms with Crippen LogP contribution < -0.4 is 4.90 Å². The molecule has 0 radical (unpaired) electrons. The Balaban J connectivity index is 1.87. The number of hydrogen-bond acceptors (Lipinski definition) is 7. The fraction of sp³-hybridized carbons (Fsp3) is 0.581. The number of ether oxygens (including phenoxy) is 3. The molecule has 40 heavy (non-hydrogen) atoms. The molecule has 0 bridgehead atoms. The molecule has 220 valence electrons. The number of amides is 2. The van der Waals surface area contributed by atoms with Gasteiger partial charge in [-0.1, -0.05) is 30.3 Å². The van der Waals surface area contributed by atoms with E-state index < -0.39 is 17.3 Å². The van der Waals surface area contributed by atoms with Crippen LogP contribution in [0.25, 0.3) is 0 Å². The highest BCUT2D eigenvalue weighted by atomic mass is 16.6. The van der Waals surface area contributed by atoms with Gasteiger partial charge in [-0.3, -0.25) is 4.90 Å². The zero-order valence-electron chi connectivity index (χ0n) is 25.0. The second-order valence-corrected chi connectivity index (χ2v) is 12.4. The van der Waals surface area contributed by atoms with Gasteiger partial charge in [0, 0.05) is 31.4 Å². The highest BCUT2D eigenvalue weighted by Gasteiger charge is 2.38. The van der Waals surface area contributed by atoms with E-state index in [4.69, 9.17) is 19.2 Å². The molecule has 1 aliphatic heterocycles. The minimum absolute atomic E-state index is 0.0301. The molecule has 0 saturated carbocycles. The number of carbonyl (C=O) groups excluding carboxylic acids is 2. The first-order valence-corrected chi connectivity index (χ1v) is 14.0.